The Morgan fingerprint density at radius 3 is 3.15 bits per heavy atom. The van der Waals surface area contributed by atoms with E-state index in [4.69, 9.17) is 0 Å². The van der Waals surface area contributed by atoms with Crippen molar-refractivity contribution in [3.05, 3.63) is 10.4 Å². The number of β-amino-alcohol motifs (C(OH)–C–C–N with tert-alkyl or cyclic N) is 1. The first-order valence-corrected chi connectivity index (χ1v) is 5.02. The fourth-order valence-corrected chi connectivity index (χ4v) is 2.05. The Bertz CT molecular complexity index is 334. The summed E-state index contributed by atoms with van der Waals surface area (Å²) in [5, 5.41) is 9.39. The van der Waals surface area contributed by atoms with Crippen LogP contribution in [0.5, 0.6) is 0 Å². The lowest BCUT2D eigenvalue weighted by Crippen LogP contribution is -2.40. The van der Waals surface area contributed by atoms with Gasteiger partial charge < -0.3 is 10.0 Å². The maximum atomic E-state index is 11.2. The van der Waals surface area contributed by atoms with Gasteiger partial charge in [-0.15, -0.1) is 0 Å². The first-order chi connectivity index (χ1) is 6.27. The molecule has 1 aromatic rings. The van der Waals surface area contributed by atoms with E-state index >= 15 is 0 Å². The first kappa shape index (κ1) is 8.71. The maximum absolute atomic E-state index is 11.2. The van der Waals surface area contributed by atoms with Crippen LogP contribution in [0.4, 0.5) is 5.82 Å². The van der Waals surface area contributed by atoms with Crippen LogP contribution in [-0.2, 0) is 0 Å². The topological polar surface area (TPSA) is 69.2 Å². The number of aromatic nitrogens is 2. The molecular formula is C7H11N3O2S. The molecule has 0 radical (unpaired) electrons. The van der Waals surface area contributed by atoms with E-state index in [-0.39, 0.29) is 11.7 Å². The molecule has 1 aromatic heterocycles. The van der Waals surface area contributed by atoms with Crippen LogP contribution in [0, 0.1) is 0 Å². The summed E-state index contributed by atoms with van der Waals surface area (Å²) in [7, 11) is 0. The van der Waals surface area contributed by atoms with Gasteiger partial charge >= 0.3 is 5.56 Å². The van der Waals surface area contributed by atoms with Crippen molar-refractivity contribution >= 4 is 17.5 Å². The summed E-state index contributed by atoms with van der Waals surface area (Å²) >= 11 is 1.05. The van der Waals surface area contributed by atoms with Gasteiger partial charge in [0.1, 0.15) is 0 Å². The SMILES string of the molecule is O=c1[nH]snc1N1CCCC(O)C1. The highest BCUT2D eigenvalue weighted by atomic mass is 32.1. The van der Waals surface area contributed by atoms with Crippen LogP contribution < -0.4 is 10.5 Å². The predicted octanol–water partition coefficient (Wildman–Crippen LogP) is -0.208. The van der Waals surface area contributed by atoms with Gasteiger partial charge in [-0.3, -0.25) is 9.17 Å². The van der Waals surface area contributed by atoms with Gasteiger partial charge in [0.05, 0.1) is 6.10 Å². The summed E-state index contributed by atoms with van der Waals surface area (Å²) in [4.78, 5) is 13.0. The first-order valence-electron chi connectivity index (χ1n) is 4.25. The van der Waals surface area contributed by atoms with Crippen LogP contribution in [-0.4, -0.2) is 33.0 Å². The quantitative estimate of drug-likeness (QED) is 0.660. The Balaban J connectivity index is 2.17. The van der Waals surface area contributed by atoms with E-state index in [9.17, 15) is 9.90 Å². The molecule has 1 saturated heterocycles. The molecule has 0 saturated carbocycles. The van der Waals surface area contributed by atoms with Crippen LogP contribution in [0.3, 0.4) is 0 Å². The summed E-state index contributed by atoms with van der Waals surface area (Å²) in [6, 6.07) is 0. The van der Waals surface area contributed by atoms with Crippen LogP contribution in [0.15, 0.2) is 4.79 Å². The summed E-state index contributed by atoms with van der Waals surface area (Å²) in [5.41, 5.74) is -0.154. The number of H-pyrrole nitrogens is 1. The molecule has 1 fully saturated rings. The molecule has 0 spiro atoms. The number of hydrogen-bond acceptors (Lipinski definition) is 5. The van der Waals surface area contributed by atoms with Gasteiger partial charge in [0.25, 0.3) is 0 Å². The smallest absolute Gasteiger partial charge is 0.302 e. The Hall–Kier alpha value is -0.880. The van der Waals surface area contributed by atoms with Crippen LogP contribution in [0.2, 0.25) is 0 Å². The minimum Gasteiger partial charge on any atom is -0.391 e. The summed E-state index contributed by atoms with van der Waals surface area (Å²) < 4.78 is 6.49. The fourth-order valence-electron chi connectivity index (χ4n) is 1.54. The van der Waals surface area contributed by atoms with Gasteiger partial charge in [-0.2, -0.15) is 4.37 Å². The Kier molecular flexibility index (Phi) is 2.32. The number of aliphatic hydroxyl groups excluding tert-OH is 1. The van der Waals surface area contributed by atoms with E-state index in [1.165, 1.54) is 0 Å². The zero-order valence-electron chi connectivity index (χ0n) is 7.06. The van der Waals surface area contributed by atoms with Gasteiger partial charge in [0, 0.05) is 24.8 Å². The molecule has 2 N–H and O–H groups in total. The molecule has 2 heterocycles. The van der Waals surface area contributed by atoms with Crippen molar-refractivity contribution in [3.63, 3.8) is 0 Å². The second-order valence-corrected chi connectivity index (χ2v) is 3.75. The number of nitrogens with zero attached hydrogens (tertiary/aromatic N) is 2. The number of rotatable bonds is 1. The molecule has 6 heteroatoms. The van der Waals surface area contributed by atoms with Gasteiger partial charge in [-0.1, -0.05) is 0 Å². The van der Waals surface area contributed by atoms with E-state index in [1.54, 1.807) is 0 Å². The molecule has 0 bridgehead atoms. The van der Waals surface area contributed by atoms with Gasteiger partial charge in [-0.05, 0) is 12.8 Å². The van der Waals surface area contributed by atoms with Crippen molar-refractivity contribution in [2.24, 2.45) is 0 Å². The minimum absolute atomic E-state index is 0.154. The fraction of sp³-hybridized carbons (Fsp3) is 0.714. The molecule has 0 aliphatic carbocycles. The molecule has 1 aliphatic rings. The summed E-state index contributed by atoms with van der Waals surface area (Å²) in [6.07, 6.45) is 1.41. The van der Waals surface area contributed by atoms with Crippen molar-refractivity contribution in [2.45, 2.75) is 18.9 Å². The number of aromatic amines is 1. The minimum atomic E-state index is -0.324. The van der Waals surface area contributed by atoms with Gasteiger partial charge in [0.2, 0.25) is 5.82 Å². The number of nitrogens with one attached hydrogen (secondary N) is 1. The maximum Gasteiger partial charge on any atom is 0.302 e. The molecule has 0 aromatic carbocycles. The average Bonchev–Trinajstić information content (AvgIpc) is 2.51. The van der Waals surface area contributed by atoms with Gasteiger partial charge in [-0.25, -0.2) is 0 Å². The third-order valence-electron chi connectivity index (χ3n) is 2.17. The van der Waals surface area contributed by atoms with E-state index < -0.39 is 0 Å². The monoisotopic (exact) mass is 201 g/mol. The van der Waals surface area contributed by atoms with Crippen LogP contribution in [0.25, 0.3) is 0 Å². The van der Waals surface area contributed by atoms with E-state index in [0.717, 1.165) is 31.1 Å². The highest BCUT2D eigenvalue weighted by Gasteiger charge is 2.21. The second-order valence-electron chi connectivity index (χ2n) is 3.18. The van der Waals surface area contributed by atoms with Crippen molar-refractivity contribution in [1.82, 2.24) is 8.75 Å². The lowest BCUT2D eigenvalue weighted by Gasteiger charge is -2.29. The highest BCUT2D eigenvalue weighted by Crippen LogP contribution is 2.14. The van der Waals surface area contributed by atoms with Gasteiger partial charge in [0.15, 0.2) is 0 Å². The largest absolute Gasteiger partial charge is 0.391 e. The number of hydrogen-bond donors (Lipinski definition) is 2. The third-order valence-corrected chi connectivity index (χ3v) is 2.71. The molecule has 1 atom stereocenters. The lowest BCUT2D eigenvalue weighted by molar-refractivity contribution is 0.154. The third kappa shape index (κ3) is 1.73. The number of aliphatic hydroxyl groups is 1. The second kappa shape index (κ2) is 3.47. The zero-order valence-corrected chi connectivity index (χ0v) is 7.88. The Morgan fingerprint density at radius 2 is 2.54 bits per heavy atom. The van der Waals surface area contributed by atoms with Crippen LogP contribution in [0.1, 0.15) is 12.8 Å². The van der Waals surface area contributed by atoms with Crippen molar-refractivity contribution < 1.29 is 5.11 Å². The Morgan fingerprint density at radius 1 is 1.69 bits per heavy atom. The standard InChI is InChI=1S/C7H11N3O2S/c11-5-2-1-3-10(4-5)6-7(12)9-13-8-6/h5,11H,1-4H2,(H,9,12). The van der Waals surface area contributed by atoms with Crippen molar-refractivity contribution in [1.29, 1.82) is 0 Å². The molecule has 5 nitrogen and oxygen atoms in total. The number of anilines is 1. The molecular weight excluding hydrogens is 190 g/mol. The lowest BCUT2D eigenvalue weighted by atomic mass is 10.1. The highest BCUT2D eigenvalue weighted by molar-refractivity contribution is 6.99. The molecule has 72 valence electrons. The molecule has 13 heavy (non-hydrogen) atoms. The molecule has 1 aliphatic heterocycles. The molecule has 0 amide bonds. The average molecular weight is 201 g/mol. The molecule has 2 rings (SSSR count). The van der Waals surface area contributed by atoms with Crippen molar-refractivity contribution in [2.75, 3.05) is 18.0 Å². The zero-order chi connectivity index (χ0) is 9.26. The van der Waals surface area contributed by atoms with E-state index in [2.05, 4.69) is 8.75 Å². The Labute approximate surface area is 79.3 Å². The summed E-state index contributed by atoms with van der Waals surface area (Å²) in [5.74, 6) is 0.448. The molecule has 1 unspecified atom stereocenters. The van der Waals surface area contributed by atoms with E-state index in [0.29, 0.717) is 12.4 Å². The van der Waals surface area contributed by atoms with Crippen molar-refractivity contribution in [3.8, 4) is 0 Å². The number of piperidine rings is 1. The summed E-state index contributed by atoms with van der Waals surface area (Å²) in [6.45, 7) is 1.33. The predicted molar refractivity (Wildman–Crippen MR) is 50.2 cm³/mol. The van der Waals surface area contributed by atoms with Crippen LogP contribution >= 0.6 is 11.7 Å². The normalized spacial score (nSPS) is 23.5. The van der Waals surface area contributed by atoms with E-state index in [1.807, 2.05) is 4.90 Å².